The molecule has 0 amide bonds. The van der Waals surface area contributed by atoms with Crippen molar-refractivity contribution in [3.05, 3.63) is 59.9 Å². The topological polar surface area (TPSA) is 127 Å². The van der Waals surface area contributed by atoms with E-state index < -0.39 is 22.5 Å². The second kappa shape index (κ2) is 7.60. The summed E-state index contributed by atoms with van der Waals surface area (Å²) in [6, 6.07) is 11.5. The number of aromatic nitrogens is 4. The van der Waals surface area contributed by atoms with Crippen LogP contribution in [-0.4, -0.2) is 46.2 Å². The molecule has 3 rings (SSSR count). The Balaban J connectivity index is 1.73. The molecule has 9 nitrogen and oxygen atoms in total. The quantitative estimate of drug-likeness (QED) is 0.612. The van der Waals surface area contributed by atoms with Gasteiger partial charge >= 0.3 is 5.97 Å². The summed E-state index contributed by atoms with van der Waals surface area (Å²) in [5.74, 6) is -1.32. The van der Waals surface area contributed by atoms with Crippen molar-refractivity contribution in [2.45, 2.75) is 11.4 Å². The second-order valence-electron chi connectivity index (χ2n) is 5.51. The number of hydrogen-bond acceptors (Lipinski definition) is 6. The fraction of sp³-hybridized carbons (Fsp3) is 0.125. The van der Waals surface area contributed by atoms with Crippen LogP contribution in [0.15, 0.2) is 53.4 Å². The van der Waals surface area contributed by atoms with E-state index >= 15 is 0 Å². The summed E-state index contributed by atoms with van der Waals surface area (Å²) in [4.78, 5) is 11.8. The monoisotopic (exact) mass is 391 g/mol. The smallest absolute Gasteiger partial charge is 0.318 e. The number of tetrazole rings is 1. The van der Waals surface area contributed by atoms with Gasteiger partial charge in [-0.05, 0) is 47.2 Å². The van der Waals surface area contributed by atoms with E-state index in [1.54, 1.807) is 12.1 Å². The van der Waals surface area contributed by atoms with Crippen molar-refractivity contribution in [1.29, 1.82) is 0 Å². The highest BCUT2D eigenvalue weighted by Crippen LogP contribution is 2.17. The summed E-state index contributed by atoms with van der Waals surface area (Å²) in [5.41, 5.74) is 1.34. The van der Waals surface area contributed by atoms with E-state index in [9.17, 15) is 17.6 Å². The van der Waals surface area contributed by atoms with E-state index in [-0.39, 0.29) is 10.7 Å². The van der Waals surface area contributed by atoms with Gasteiger partial charge in [0.05, 0.1) is 11.4 Å². The highest BCUT2D eigenvalue weighted by molar-refractivity contribution is 7.89. The highest BCUT2D eigenvalue weighted by atomic mass is 32.2. The largest absolute Gasteiger partial charge is 0.480 e. The molecular weight excluding hydrogens is 377 g/mol. The molecule has 2 N–H and O–H groups in total. The van der Waals surface area contributed by atoms with Crippen LogP contribution in [0.4, 0.5) is 4.39 Å². The van der Waals surface area contributed by atoms with Crippen molar-refractivity contribution in [3.8, 4) is 11.4 Å². The van der Waals surface area contributed by atoms with Crippen molar-refractivity contribution >= 4 is 16.0 Å². The zero-order chi connectivity index (χ0) is 19.4. The van der Waals surface area contributed by atoms with Crippen LogP contribution in [0.25, 0.3) is 11.4 Å². The average Bonchev–Trinajstić information content (AvgIpc) is 3.11. The van der Waals surface area contributed by atoms with Gasteiger partial charge in [-0.25, -0.2) is 12.8 Å². The molecule has 0 radical (unpaired) electrons. The van der Waals surface area contributed by atoms with Crippen LogP contribution in [0.1, 0.15) is 5.56 Å². The molecule has 1 aromatic heterocycles. The molecule has 2 aromatic carbocycles. The lowest BCUT2D eigenvalue weighted by Gasteiger charge is -2.04. The van der Waals surface area contributed by atoms with Gasteiger partial charge in [0, 0.05) is 5.56 Å². The van der Waals surface area contributed by atoms with Crippen molar-refractivity contribution in [2.24, 2.45) is 0 Å². The van der Waals surface area contributed by atoms with E-state index in [2.05, 4.69) is 15.4 Å². The van der Waals surface area contributed by atoms with Crippen LogP contribution in [0, 0.1) is 5.82 Å². The average molecular weight is 391 g/mol. The standard InChI is InChI=1S/C16H14FN5O4S/c17-13-5-1-11(2-6-13)10-22-20-16(19-21-22)12-3-7-14(8-4-12)27(25,26)18-9-15(23)24/h1-8,18H,9-10H2,(H,23,24). The maximum absolute atomic E-state index is 12.9. The normalized spacial score (nSPS) is 11.4. The fourth-order valence-electron chi connectivity index (χ4n) is 2.20. The van der Waals surface area contributed by atoms with Gasteiger partial charge in [-0.15, -0.1) is 10.2 Å². The number of nitrogens with zero attached hydrogens (tertiary/aromatic N) is 4. The van der Waals surface area contributed by atoms with E-state index in [0.29, 0.717) is 17.9 Å². The van der Waals surface area contributed by atoms with Crippen molar-refractivity contribution < 1.29 is 22.7 Å². The molecule has 1 heterocycles. The number of carboxylic acids is 1. The summed E-state index contributed by atoms with van der Waals surface area (Å²) in [7, 11) is -3.92. The molecule has 0 saturated heterocycles. The van der Waals surface area contributed by atoms with Gasteiger partial charge in [-0.3, -0.25) is 4.79 Å². The third-order valence-corrected chi connectivity index (χ3v) is 4.94. The molecule has 0 aliphatic carbocycles. The summed E-state index contributed by atoms with van der Waals surface area (Å²) in [6.45, 7) is -0.401. The van der Waals surface area contributed by atoms with Gasteiger partial charge in [-0.1, -0.05) is 12.1 Å². The molecule has 0 atom stereocenters. The lowest BCUT2D eigenvalue weighted by molar-refractivity contribution is -0.135. The molecule has 0 spiro atoms. The summed E-state index contributed by atoms with van der Waals surface area (Å²) < 4.78 is 38.8. The highest BCUT2D eigenvalue weighted by Gasteiger charge is 2.16. The van der Waals surface area contributed by atoms with Crippen LogP contribution in [0.3, 0.4) is 0 Å². The molecule has 0 saturated carbocycles. The predicted octanol–water partition coefficient (Wildman–Crippen LogP) is 0.890. The Morgan fingerprint density at radius 3 is 2.41 bits per heavy atom. The first-order valence-electron chi connectivity index (χ1n) is 7.68. The molecule has 3 aromatic rings. The second-order valence-corrected chi connectivity index (χ2v) is 7.28. The van der Waals surface area contributed by atoms with Gasteiger partial charge in [0.1, 0.15) is 12.4 Å². The number of rotatable bonds is 7. The lowest BCUT2D eigenvalue weighted by Crippen LogP contribution is -2.29. The molecular formula is C16H14FN5O4S. The Labute approximate surface area is 153 Å². The number of hydrogen-bond donors (Lipinski definition) is 2. The summed E-state index contributed by atoms with van der Waals surface area (Å²) in [5, 5.41) is 20.6. The summed E-state index contributed by atoms with van der Waals surface area (Å²) in [6.07, 6.45) is 0. The molecule has 140 valence electrons. The SMILES string of the molecule is O=C(O)CNS(=O)(=O)c1ccc(-c2nnn(Cc3ccc(F)cc3)n2)cc1. The molecule has 0 aliphatic rings. The van der Waals surface area contributed by atoms with Gasteiger partial charge in [0.2, 0.25) is 15.8 Å². The first-order valence-corrected chi connectivity index (χ1v) is 9.16. The minimum atomic E-state index is -3.92. The number of nitrogens with one attached hydrogen (secondary N) is 1. The number of carboxylic acid groups (broad SMARTS) is 1. The van der Waals surface area contributed by atoms with E-state index in [4.69, 9.17) is 5.11 Å². The Hall–Kier alpha value is -3.18. The van der Waals surface area contributed by atoms with E-state index in [0.717, 1.165) is 5.56 Å². The molecule has 27 heavy (non-hydrogen) atoms. The molecule has 0 bridgehead atoms. The van der Waals surface area contributed by atoms with Crippen LogP contribution < -0.4 is 4.72 Å². The molecule has 0 fully saturated rings. The Bertz CT molecular complexity index is 1050. The van der Waals surface area contributed by atoms with Crippen LogP contribution >= 0.6 is 0 Å². The fourth-order valence-corrected chi connectivity index (χ4v) is 3.18. The Morgan fingerprint density at radius 1 is 1.11 bits per heavy atom. The Kier molecular flexibility index (Phi) is 5.23. The number of aliphatic carboxylic acids is 1. The predicted molar refractivity (Wildman–Crippen MR) is 91.6 cm³/mol. The molecule has 11 heteroatoms. The van der Waals surface area contributed by atoms with Crippen molar-refractivity contribution in [2.75, 3.05) is 6.54 Å². The Morgan fingerprint density at radius 2 is 1.78 bits per heavy atom. The first-order chi connectivity index (χ1) is 12.8. The third-order valence-electron chi connectivity index (χ3n) is 3.53. The number of sulfonamides is 1. The van der Waals surface area contributed by atoms with Crippen molar-refractivity contribution in [3.63, 3.8) is 0 Å². The third kappa shape index (κ3) is 4.71. The zero-order valence-electron chi connectivity index (χ0n) is 13.8. The summed E-state index contributed by atoms with van der Waals surface area (Å²) >= 11 is 0. The number of halogens is 1. The van der Waals surface area contributed by atoms with Crippen LogP contribution in [-0.2, 0) is 21.4 Å². The van der Waals surface area contributed by atoms with Crippen LogP contribution in [0.2, 0.25) is 0 Å². The minimum absolute atomic E-state index is 0.0776. The van der Waals surface area contributed by atoms with Crippen LogP contribution in [0.5, 0.6) is 0 Å². The van der Waals surface area contributed by atoms with Crippen molar-refractivity contribution in [1.82, 2.24) is 24.9 Å². The van der Waals surface area contributed by atoms with Gasteiger partial charge in [-0.2, -0.15) is 9.52 Å². The van der Waals surface area contributed by atoms with E-state index in [1.165, 1.54) is 41.2 Å². The maximum atomic E-state index is 12.9. The minimum Gasteiger partial charge on any atom is -0.480 e. The van der Waals surface area contributed by atoms with E-state index in [1.807, 2.05) is 4.72 Å². The molecule has 0 aliphatic heterocycles. The number of benzene rings is 2. The molecule has 0 unspecified atom stereocenters. The van der Waals surface area contributed by atoms with Gasteiger partial charge in [0.25, 0.3) is 0 Å². The van der Waals surface area contributed by atoms with Gasteiger partial charge in [0.15, 0.2) is 0 Å². The maximum Gasteiger partial charge on any atom is 0.318 e. The van der Waals surface area contributed by atoms with Gasteiger partial charge < -0.3 is 5.11 Å². The zero-order valence-corrected chi connectivity index (χ0v) is 14.6. The lowest BCUT2D eigenvalue weighted by atomic mass is 10.2. The number of carbonyl (C=O) groups is 1. The first kappa shape index (κ1) is 18.6.